The number of rotatable bonds is 7. The topological polar surface area (TPSA) is 141 Å². The molecule has 0 radical (unpaired) electrons. The molecule has 4 aliphatic rings. The molecule has 9 rings (SSSR count). The Kier molecular flexibility index (Phi) is 9.04. The Hall–Kier alpha value is -5.69. The van der Waals surface area contributed by atoms with Crippen LogP contribution in [-0.4, -0.2) is 93.6 Å². The molecule has 3 aromatic heterocycles. The van der Waals surface area contributed by atoms with Crippen molar-refractivity contribution in [2.75, 3.05) is 55.6 Å². The van der Waals surface area contributed by atoms with Gasteiger partial charge in [-0.15, -0.1) is 0 Å². The van der Waals surface area contributed by atoms with Crippen LogP contribution in [0.5, 0.6) is 0 Å². The van der Waals surface area contributed by atoms with Gasteiger partial charge in [0.1, 0.15) is 6.04 Å². The number of imide groups is 1. The van der Waals surface area contributed by atoms with Crippen molar-refractivity contribution in [3.8, 4) is 22.5 Å². The van der Waals surface area contributed by atoms with E-state index in [1.165, 1.54) is 5.69 Å². The summed E-state index contributed by atoms with van der Waals surface area (Å²) >= 11 is 0. The fraction of sp³-hybridized carbons (Fsp3) is 0.405. The first-order valence-corrected chi connectivity index (χ1v) is 19.6. The second-order valence-corrected chi connectivity index (χ2v) is 15.7. The molecule has 3 saturated heterocycles. The molecular weight excluding hydrogens is 695 g/mol. The van der Waals surface area contributed by atoms with Crippen LogP contribution in [0.25, 0.3) is 33.5 Å². The minimum absolute atomic E-state index is 0.0211. The van der Waals surface area contributed by atoms with E-state index >= 15 is 0 Å². The number of carbonyl (C=O) groups excluding carboxylic acids is 3. The molecule has 0 bridgehead atoms. The van der Waals surface area contributed by atoms with Gasteiger partial charge in [0.15, 0.2) is 0 Å². The average molecular weight is 742 g/mol. The van der Waals surface area contributed by atoms with E-state index in [1.54, 1.807) is 16.2 Å². The lowest BCUT2D eigenvalue weighted by Crippen LogP contribution is -2.49. The van der Waals surface area contributed by atoms with Gasteiger partial charge in [0.25, 0.3) is 5.91 Å². The number of para-hydroxylation sites is 1. The fourth-order valence-electron chi connectivity index (χ4n) is 9.09. The highest BCUT2D eigenvalue weighted by molar-refractivity contribution is 6.01. The molecule has 3 amide bonds. The van der Waals surface area contributed by atoms with Gasteiger partial charge in [-0.3, -0.25) is 38.7 Å². The number of aromatic nitrogens is 4. The summed E-state index contributed by atoms with van der Waals surface area (Å²) in [6, 6.07) is 20.1. The number of imidazole rings is 1. The minimum Gasteiger partial charge on any atom is -0.372 e. The zero-order valence-corrected chi connectivity index (χ0v) is 31.4. The molecule has 3 fully saturated rings. The lowest BCUT2D eigenvalue weighted by atomic mass is 9.95. The first-order chi connectivity index (χ1) is 26.7. The largest absolute Gasteiger partial charge is 0.372 e. The molecule has 1 unspecified atom stereocenters. The van der Waals surface area contributed by atoms with E-state index in [1.807, 2.05) is 37.4 Å². The maximum absolute atomic E-state index is 13.4. The molecule has 2 atom stereocenters. The Balaban J connectivity index is 0.793. The van der Waals surface area contributed by atoms with E-state index in [0.29, 0.717) is 12.3 Å². The van der Waals surface area contributed by atoms with Crippen molar-refractivity contribution in [1.82, 2.24) is 34.6 Å². The van der Waals surface area contributed by atoms with E-state index < -0.39 is 11.9 Å². The van der Waals surface area contributed by atoms with Crippen molar-refractivity contribution in [1.29, 1.82) is 0 Å². The Morgan fingerprint density at radius 3 is 2.38 bits per heavy atom. The summed E-state index contributed by atoms with van der Waals surface area (Å²) in [4.78, 5) is 65.9. The SMILES string of the molecule is C[C@@H]1Cc2[nH]c(-c3ccnc(-c4ccc(N5CCC(CN6CCN(c7cccc8c7n(C)c(=O)n8C7CCC(=O)NC7=O)CC6)CC5)cc4)c3)cc2C(=O)N1. The van der Waals surface area contributed by atoms with E-state index in [4.69, 9.17) is 0 Å². The summed E-state index contributed by atoms with van der Waals surface area (Å²) in [5.41, 5.74) is 9.19. The molecule has 55 heavy (non-hydrogen) atoms. The monoisotopic (exact) mass is 741 g/mol. The summed E-state index contributed by atoms with van der Waals surface area (Å²) in [7, 11) is 1.77. The number of H-pyrrole nitrogens is 1. The number of aryl methyl sites for hydroxylation is 1. The summed E-state index contributed by atoms with van der Waals surface area (Å²) in [5, 5.41) is 5.41. The number of fused-ring (bicyclic) bond motifs is 2. The quantitative estimate of drug-likeness (QED) is 0.212. The van der Waals surface area contributed by atoms with Gasteiger partial charge < -0.3 is 20.1 Å². The zero-order valence-electron chi connectivity index (χ0n) is 31.4. The molecule has 0 saturated carbocycles. The van der Waals surface area contributed by atoms with Crippen molar-refractivity contribution in [3.05, 3.63) is 88.6 Å². The molecule has 284 valence electrons. The summed E-state index contributed by atoms with van der Waals surface area (Å²) in [6.07, 6.45) is 5.48. The van der Waals surface area contributed by atoms with Crippen LogP contribution in [-0.2, 0) is 23.1 Å². The van der Waals surface area contributed by atoms with Gasteiger partial charge in [-0.05, 0) is 74.6 Å². The van der Waals surface area contributed by atoms with Gasteiger partial charge in [0.05, 0.1) is 28.0 Å². The highest BCUT2D eigenvalue weighted by Gasteiger charge is 2.33. The number of piperidine rings is 2. The van der Waals surface area contributed by atoms with Crippen LogP contribution >= 0.6 is 0 Å². The van der Waals surface area contributed by atoms with E-state index in [2.05, 4.69) is 71.7 Å². The number of anilines is 2. The fourth-order valence-corrected chi connectivity index (χ4v) is 9.09. The van der Waals surface area contributed by atoms with Crippen LogP contribution < -0.4 is 26.1 Å². The van der Waals surface area contributed by atoms with Crippen LogP contribution in [0.3, 0.4) is 0 Å². The number of amides is 3. The normalized spacial score (nSPS) is 21.2. The number of pyridine rings is 1. The number of piperazine rings is 1. The lowest BCUT2D eigenvalue weighted by molar-refractivity contribution is -0.135. The number of aromatic amines is 1. The Morgan fingerprint density at radius 2 is 1.62 bits per heavy atom. The van der Waals surface area contributed by atoms with Crippen molar-refractivity contribution >= 4 is 40.1 Å². The van der Waals surface area contributed by atoms with Crippen molar-refractivity contribution in [2.45, 2.75) is 51.1 Å². The molecule has 5 aromatic rings. The van der Waals surface area contributed by atoms with E-state index in [0.717, 1.165) is 116 Å². The average Bonchev–Trinajstić information content (AvgIpc) is 3.74. The van der Waals surface area contributed by atoms with Gasteiger partial charge in [-0.2, -0.15) is 0 Å². The Bertz CT molecular complexity index is 2340. The van der Waals surface area contributed by atoms with Crippen LogP contribution in [0.1, 0.15) is 54.7 Å². The minimum atomic E-state index is -0.689. The molecule has 0 spiro atoms. The highest BCUT2D eigenvalue weighted by Crippen LogP contribution is 2.32. The number of benzene rings is 2. The van der Waals surface area contributed by atoms with Crippen LogP contribution in [0.15, 0.2) is 71.7 Å². The van der Waals surface area contributed by atoms with Gasteiger partial charge in [0.2, 0.25) is 11.8 Å². The van der Waals surface area contributed by atoms with Gasteiger partial charge in [0, 0.05) is 106 Å². The van der Waals surface area contributed by atoms with Crippen molar-refractivity contribution in [3.63, 3.8) is 0 Å². The smallest absolute Gasteiger partial charge is 0.329 e. The van der Waals surface area contributed by atoms with Crippen molar-refractivity contribution < 1.29 is 14.4 Å². The highest BCUT2D eigenvalue weighted by atomic mass is 16.2. The summed E-state index contributed by atoms with van der Waals surface area (Å²) in [6.45, 7) is 8.80. The van der Waals surface area contributed by atoms with Gasteiger partial charge >= 0.3 is 5.69 Å². The predicted octanol–water partition coefficient (Wildman–Crippen LogP) is 4.09. The Labute approximate surface area is 319 Å². The second kappa shape index (κ2) is 14.2. The number of hydrogen-bond acceptors (Lipinski definition) is 8. The molecule has 3 N–H and O–H groups in total. The number of carbonyl (C=O) groups is 3. The molecule has 0 aliphatic carbocycles. The molecule has 13 heteroatoms. The van der Waals surface area contributed by atoms with E-state index in [-0.39, 0.29) is 30.0 Å². The molecule has 7 heterocycles. The molecular formula is C42H47N9O4. The third-order valence-electron chi connectivity index (χ3n) is 12.1. The van der Waals surface area contributed by atoms with Crippen molar-refractivity contribution in [2.24, 2.45) is 13.0 Å². The molecule has 13 nitrogen and oxygen atoms in total. The van der Waals surface area contributed by atoms with Crippen LogP contribution in [0, 0.1) is 5.92 Å². The van der Waals surface area contributed by atoms with Gasteiger partial charge in [-0.1, -0.05) is 18.2 Å². The van der Waals surface area contributed by atoms with Crippen LogP contribution in [0.4, 0.5) is 11.4 Å². The first kappa shape index (κ1) is 35.0. The third kappa shape index (κ3) is 6.60. The number of nitrogens with one attached hydrogen (secondary N) is 3. The van der Waals surface area contributed by atoms with Crippen LogP contribution in [0.2, 0.25) is 0 Å². The second-order valence-electron chi connectivity index (χ2n) is 15.7. The first-order valence-electron chi connectivity index (χ1n) is 19.6. The number of hydrogen-bond donors (Lipinski definition) is 3. The third-order valence-corrected chi connectivity index (χ3v) is 12.1. The maximum Gasteiger partial charge on any atom is 0.329 e. The summed E-state index contributed by atoms with van der Waals surface area (Å²) in [5.74, 6) is -0.0774. The maximum atomic E-state index is 13.4. The van der Waals surface area contributed by atoms with E-state index in [9.17, 15) is 19.2 Å². The molecule has 4 aliphatic heterocycles. The Morgan fingerprint density at radius 1 is 0.836 bits per heavy atom. The molecule has 2 aromatic carbocycles. The summed E-state index contributed by atoms with van der Waals surface area (Å²) < 4.78 is 3.21. The standard InChI is InChI=1S/C42H47N9O4/c1-26-22-34-31(40(53)44-26)24-33(45-34)29-12-15-43-32(23-29)28-6-8-30(9-7-28)49-16-13-27(14-17-49)25-48-18-20-50(21-19-48)35-4-3-5-36-39(35)47(2)42(55)51(36)37-10-11-38(52)46-41(37)54/h3-9,12,15,23-24,26-27,37,45H,10-11,13-14,16-22,25H2,1-2H3,(H,44,53)(H,46,52,54)/t26-,37?/m1/s1. The van der Waals surface area contributed by atoms with Gasteiger partial charge in [-0.25, -0.2) is 4.79 Å². The zero-order chi connectivity index (χ0) is 37.8. The predicted molar refractivity (Wildman–Crippen MR) is 212 cm³/mol. The lowest BCUT2D eigenvalue weighted by Gasteiger charge is -2.40. The number of nitrogens with zero attached hydrogens (tertiary/aromatic N) is 6.